The van der Waals surface area contributed by atoms with Crippen LogP contribution in [-0.2, 0) is 14.3 Å². The van der Waals surface area contributed by atoms with Crippen molar-refractivity contribution in [2.24, 2.45) is 0 Å². The molecule has 0 saturated carbocycles. The number of anilines is 1. The number of ether oxygens (including phenoxy) is 1. The molecule has 3 aromatic rings. The number of carbonyl (C=O) groups is 3. The number of hydrogen-bond acceptors (Lipinski definition) is 4. The van der Waals surface area contributed by atoms with Crippen LogP contribution >= 0.6 is 0 Å². The number of hydrogen-bond donors (Lipinski definition) is 2. The molecule has 0 aliphatic heterocycles. The van der Waals surface area contributed by atoms with Gasteiger partial charge >= 0.3 is 5.97 Å². The van der Waals surface area contributed by atoms with Gasteiger partial charge in [-0.1, -0.05) is 66.7 Å². The van der Waals surface area contributed by atoms with E-state index in [4.69, 9.17) is 4.74 Å². The van der Waals surface area contributed by atoms with Gasteiger partial charge < -0.3 is 15.4 Å². The molecule has 0 unspecified atom stereocenters. The predicted molar refractivity (Wildman–Crippen MR) is 115 cm³/mol. The van der Waals surface area contributed by atoms with E-state index in [1.54, 1.807) is 36.4 Å². The third kappa shape index (κ3) is 5.54. The maximum absolute atomic E-state index is 12.3. The Labute approximate surface area is 174 Å². The molecule has 0 aromatic heterocycles. The van der Waals surface area contributed by atoms with Crippen LogP contribution in [0.4, 0.5) is 5.69 Å². The van der Waals surface area contributed by atoms with Gasteiger partial charge in [0.2, 0.25) is 0 Å². The van der Waals surface area contributed by atoms with E-state index in [2.05, 4.69) is 10.6 Å². The van der Waals surface area contributed by atoms with Crippen molar-refractivity contribution in [2.75, 3.05) is 11.9 Å². The fraction of sp³-hybridized carbons (Fsp3) is 0.125. The summed E-state index contributed by atoms with van der Waals surface area (Å²) in [5, 5.41) is 5.32. The molecule has 0 saturated heterocycles. The number of carbonyl (C=O) groups excluding carboxylic acids is 3. The largest absolute Gasteiger partial charge is 0.454 e. The van der Waals surface area contributed by atoms with Crippen LogP contribution in [0.1, 0.15) is 17.3 Å². The summed E-state index contributed by atoms with van der Waals surface area (Å²) in [6.45, 7) is 1.05. The molecule has 3 aromatic carbocycles. The Morgan fingerprint density at radius 3 is 2.13 bits per heavy atom. The summed E-state index contributed by atoms with van der Waals surface area (Å²) < 4.78 is 5.05. The van der Waals surface area contributed by atoms with Crippen LogP contribution < -0.4 is 10.6 Å². The fourth-order valence-corrected chi connectivity index (χ4v) is 2.84. The third-order valence-corrected chi connectivity index (χ3v) is 4.37. The molecular formula is C24H22N2O4. The minimum absolute atomic E-state index is 0.388. The van der Waals surface area contributed by atoms with E-state index in [1.807, 2.05) is 48.5 Å². The van der Waals surface area contributed by atoms with Gasteiger partial charge in [0.15, 0.2) is 6.61 Å². The Balaban J connectivity index is 1.54. The molecular weight excluding hydrogens is 380 g/mol. The first-order valence-electron chi connectivity index (χ1n) is 9.51. The molecule has 0 radical (unpaired) electrons. The molecule has 0 aliphatic rings. The van der Waals surface area contributed by atoms with Gasteiger partial charge in [-0.25, -0.2) is 4.79 Å². The maximum Gasteiger partial charge on any atom is 0.328 e. The Morgan fingerprint density at radius 1 is 0.833 bits per heavy atom. The van der Waals surface area contributed by atoms with E-state index in [0.717, 1.165) is 11.1 Å². The highest BCUT2D eigenvalue weighted by Gasteiger charge is 2.19. The van der Waals surface area contributed by atoms with E-state index in [1.165, 1.54) is 6.92 Å². The van der Waals surface area contributed by atoms with Gasteiger partial charge in [-0.3, -0.25) is 9.59 Å². The van der Waals surface area contributed by atoms with E-state index >= 15 is 0 Å². The number of para-hydroxylation sites is 1. The third-order valence-electron chi connectivity index (χ3n) is 4.37. The lowest BCUT2D eigenvalue weighted by Crippen LogP contribution is -2.40. The zero-order valence-electron chi connectivity index (χ0n) is 16.5. The van der Waals surface area contributed by atoms with Crippen molar-refractivity contribution in [3.05, 3.63) is 90.5 Å². The van der Waals surface area contributed by atoms with E-state index in [0.29, 0.717) is 11.3 Å². The molecule has 6 nitrogen and oxygen atoms in total. The Morgan fingerprint density at radius 2 is 1.43 bits per heavy atom. The van der Waals surface area contributed by atoms with Gasteiger partial charge in [-0.2, -0.15) is 0 Å². The van der Waals surface area contributed by atoms with E-state index in [-0.39, 0.29) is 5.91 Å². The molecule has 6 heteroatoms. The van der Waals surface area contributed by atoms with Gasteiger partial charge in [0.05, 0.1) is 0 Å². The lowest BCUT2D eigenvalue weighted by molar-refractivity contribution is -0.148. The smallest absolute Gasteiger partial charge is 0.328 e. The Bertz CT molecular complexity index is 1020. The predicted octanol–water partition coefficient (Wildman–Crippen LogP) is 3.65. The van der Waals surface area contributed by atoms with Gasteiger partial charge in [-0.15, -0.1) is 0 Å². The summed E-state index contributed by atoms with van der Waals surface area (Å²) in [5.41, 5.74) is 2.88. The van der Waals surface area contributed by atoms with Crippen molar-refractivity contribution in [1.82, 2.24) is 5.32 Å². The van der Waals surface area contributed by atoms with E-state index in [9.17, 15) is 14.4 Å². The van der Waals surface area contributed by atoms with Crippen LogP contribution in [-0.4, -0.2) is 30.4 Å². The highest BCUT2D eigenvalue weighted by Crippen LogP contribution is 2.27. The summed E-state index contributed by atoms with van der Waals surface area (Å²) in [7, 11) is 0. The zero-order valence-corrected chi connectivity index (χ0v) is 16.5. The Kier molecular flexibility index (Phi) is 6.95. The van der Waals surface area contributed by atoms with Gasteiger partial charge in [-0.05, 0) is 30.7 Å². The zero-order chi connectivity index (χ0) is 21.3. The number of amides is 2. The molecule has 1 atom stereocenters. The first kappa shape index (κ1) is 20.8. The summed E-state index contributed by atoms with van der Waals surface area (Å²) in [4.78, 5) is 36.5. The van der Waals surface area contributed by atoms with Crippen molar-refractivity contribution in [3.8, 4) is 11.1 Å². The lowest BCUT2D eigenvalue weighted by Gasteiger charge is -2.14. The molecule has 152 valence electrons. The number of benzene rings is 3. The first-order chi connectivity index (χ1) is 14.5. The SMILES string of the molecule is C[C@H](NC(=O)c1ccccc1)C(=O)OCC(=O)Nc1ccccc1-c1ccccc1. The van der Waals surface area contributed by atoms with Crippen molar-refractivity contribution < 1.29 is 19.1 Å². The summed E-state index contributed by atoms with van der Waals surface area (Å²) in [6.07, 6.45) is 0. The van der Waals surface area contributed by atoms with Crippen molar-refractivity contribution >= 4 is 23.5 Å². The number of rotatable bonds is 7. The highest BCUT2D eigenvalue weighted by atomic mass is 16.5. The average Bonchev–Trinajstić information content (AvgIpc) is 2.79. The molecule has 3 rings (SSSR count). The van der Waals surface area contributed by atoms with E-state index < -0.39 is 24.5 Å². The molecule has 0 fully saturated rings. The fourth-order valence-electron chi connectivity index (χ4n) is 2.84. The molecule has 0 heterocycles. The second-order valence-electron chi connectivity index (χ2n) is 6.63. The van der Waals surface area contributed by atoms with Crippen LogP contribution in [0.15, 0.2) is 84.9 Å². The summed E-state index contributed by atoms with van der Waals surface area (Å²) in [6, 6.07) is 24.7. The first-order valence-corrected chi connectivity index (χ1v) is 9.51. The standard InChI is InChI=1S/C24H22N2O4/c1-17(25-23(28)19-12-6-3-7-13-19)24(29)30-16-22(27)26-21-15-9-8-14-20(21)18-10-4-2-5-11-18/h2-15,17H,16H2,1H3,(H,25,28)(H,26,27)/t17-/m0/s1. The van der Waals surface area contributed by atoms with Crippen molar-refractivity contribution in [2.45, 2.75) is 13.0 Å². The molecule has 0 aliphatic carbocycles. The van der Waals surface area contributed by atoms with Gasteiger partial charge in [0.1, 0.15) is 6.04 Å². The highest BCUT2D eigenvalue weighted by molar-refractivity contribution is 5.98. The van der Waals surface area contributed by atoms with Crippen LogP contribution in [0, 0.1) is 0 Å². The van der Waals surface area contributed by atoms with Gasteiger partial charge in [0.25, 0.3) is 11.8 Å². The van der Waals surface area contributed by atoms with Crippen LogP contribution in [0.3, 0.4) is 0 Å². The minimum atomic E-state index is -0.887. The Hall–Kier alpha value is -3.93. The van der Waals surface area contributed by atoms with Crippen LogP contribution in [0.25, 0.3) is 11.1 Å². The number of nitrogens with one attached hydrogen (secondary N) is 2. The average molecular weight is 402 g/mol. The number of esters is 1. The topological polar surface area (TPSA) is 84.5 Å². The molecule has 0 bridgehead atoms. The second kappa shape index (κ2) is 10.0. The van der Waals surface area contributed by atoms with Crippen molar-refractivity contribution in [1.29, 1.82) is 0 Å². The van der Waals surface area contributed by atoms with Crippen LogP contribution in [0.5, 0.6) is 0 Å². The summed E-state index contributed by atoms with van der Waals surface area (Å²) >= 11 is 0. The quantitative estimate of drug-likeness (QED) is 0.591. The molecule has 2 N–H and O–H groups in total. The normalized spacial score (nSPS) is 11.2. The lowest BCUT2D eigenvalue weighted by atomic mass is 10.0. The monoisotopic (exact) mass is 402 g/mol. The minimum Gasteiger partial charge on any atom is -0.454 e. The maximum atomic E-state index is 12.3. The molecule has 30 heavy (non-hydrogen) atoms. The van der Waals surface area contributed by atoms with Gasteiger partial charge in [0, 0.05) is 16.8 Å². The van der Waals surface area contributed by atoms with Crippen molar-refractivity contribution in [3.63, 3.8) is 0 Å². The molecule has 0 spiro atoms. The molecule has 2 amide bonds. The summed E-state index contributed by atoms with van der Waals surface area (Å²) in [5.74, 6) is -1.54. The van der Waals surface area contributed by atoms with Crippen LogP contribution in [0.2, 0.25) is 0 Å². The second-order valence-corrected chi connectivity index (χ2v) is 6.63.